The zero-order chi connectivity index (χ0) is 13.0. The number of carbonyl (C=O) groups excluding carboxylic acids is 1. The summed E-state index contributed by atoms with van der Waals surface area (Å²) >= 11 is 0. The summed E-state index contributed by atoms with van der Waals surface area (Å²) in [5.41, 5.74) is 0. The summed E-state index contributed by atoms with van der Waals surface area (Å²) in [5.74, 6) is -0.908. The molecule has 1 heterocycles. The molecule has 1 saturated heterocycles. The number of carbonyl (C=O) groups is 2. The Labute approximate surface area is 101 Å². The van der Waals surface area contributed by atoms with E-state index in [1.165, 1.54) is 4.90 Å². The average molecular weight is 244 g/mol. The van der Waals surface area contributed by atoms with Gasteiger partial charge in [-0.25, -0.2) is 4.79 Å². The van der Waals surface area contributed by atoms with Gasteiger partial charge in [0.25, 0.3) is 0 Å². The maximum atomic E-state index is 12.0. The van der Waals surface area contributed by atoms with Crippen molar-refractivity contribution in [1.82, 2.24) is 9.80 Å². The number of aliphatic hydroxyl groups is 1. The lowest BCUT2D eigenvalue weighted by Crippen LogP contribution is -2.44. The van der Waals surface area contributed by atoms with Crippen molar-refractivity contribution in [2.75, 3.05) is 26.2 Å². The van der Waals surface area contributed by atoms with Crippen LogP contribution in [-0.2, 0) is 4.79 Å². The standard InChI is InChI=1S/C11H20N2O4/c1-3-12(7-10(15)16)11(17)13-5-4-9(6-13)8(2)14/h8-9,14H,3-7H2,1-2H3,(H,15,16). The van der Waals surface area contributed by atoms with Gasteiger partial charge in [0.2, 0.25) is 0 Å². The third-order valence-electron chi connectivity index (χ3n) is 3.16. The van der Waals surface area contributed by atoms with E-state index in [2.05, 4.69) is 0 Å². The van der Waals surface area contributed by atoms with E-state index in [0.717, 1.165) is 6.42 Å². The van der Waals surface area contributed by atoms with Crippen LogP contribution in [0.5, 0.6) is 0 Å². The van der Waals surface area contributed by atoms with Crippen molar-refractivity contribution in [3.63, 3.8) is 0 Å². The van der Waals surface area contributed by atoms with Crippen molar-refractivity contribution in [2.24, 2.45) is 5.92 Å². The van der Waals surface area contributed by atoms with E-state index in [0.29, 0.717) is 19.6 Å². The third-order valence-corrected chi connectivity index (χ3v) is 3.16. The van der Waals surface area contributed by atoms with Crippen molar-refractivity contribution in [1.29, 1.82) is 0 Å². The lowest BCUT2D eigenvalue weighted by Gasteiger charge is -2.26. The molecular weight excluding hydrogens is 224 g/mol. The molecule has 0 bridgehead atoms. The Morgan fingerprint density at radius 3 is 2.59 bits per heavy atom. The highest BCUT2D eigenvalue weighted by atomic mass is 16.4. The summed E-state index contributed by atoms with van der Waals surface area (Å²) in [6.45, 7) is 4.67. The molecule has 17 heavy (non-hydrogen) atoms. The molecule has 6 nitrogen and oxygen atoms in total. The Morgan fingerprint density at radius 1 is 1.53 bits per heavy atom. The van der Waals surface area contributed by atoms with Crippen molar-refractivity contribution >= 4 is 12.0 Å². The van der Waals surface area contributed by atoms with Crippen LogP contribution in [-0.4, -0.2) is 64.3 Å². The van der Waals surface area contributed by atoms with Crippen LogP contribution >= 0.6 is 0 Å². The minimum Gasteiger partial charge on any atom is -0.480 e. The normalized spacial score (nSPS) is 21.4. The highest BCUT2D eigenvalue weighted by Gasteiger charge is 2.31. The van der Waals surface area contributed by atoms with Gasteiger partial charge in [-0.3, -0.25) is 4.79 Å². The van der Waals surface area contributed by atoms with Gasteiger partial charge in [0.15, 0.2) is 0 Å². The van der Waals surface area contributed by atoms with E-state index in [1.807, 2.05) is 0 Å². The maximum absolute atomic E-state index is 12.0. The van der Waals surface area contributed by atoms with Crippen molar-refractivity contribution in [2.45, 2.75) is 26.4 Å². The number of carboxylic acid groups (broad SMARTS) is 1. The van der Waals surface area contributed by atoms with Gasteiger partial charge >= 0.3 is 12.0 Å². The Kier molecular flexibility index (Phi) is 4.74. The lowest BCUT2D eigenvalue weighted by molar-refractivity contribution is -0.137. The highest BCUT2D eigenvalue weighted by Crippen LogP contribution is 2.20. The second-order valence-electron chi connectivity index (χ2n) is 4.43. The quantitative estimate of drug-likeness (QED) is 0.741. The van der Waals surface area contributed by atoms with Gasteiger partial charge in [-0.05, 0) is 20.3 Å². The number of aliphatic carboxylic acids is 1. The number of likely N-dealkylation sites (tertiary alicyclic amines) is 1. The number of hydrogen-bond acceptors (Lipinski definition) is 3. The fourth-order valence-corrected chi connectivity index (χ4v) is 2.03. The Balaban J connectivity index is 2.55. The first-order chi connectivity index (χ1) is 7.95. The molecule has 1 fully saturated rings. The summed E-state index contributed by atoms with van der Waals surface area (Å²) in [5, 5.41) is 18.1. The van der Waals surface area contributed by atoms with E-state index < -0.39 is 12.1 Å². The van der Waals surface area contributed by atoms with Crippen LogP contribution in [0, 0.1) is 5.92 Å². The fraction of sp³-hybridized carbons (Fsp3) is 0.818. The molecule has 0 aromatic rings. The number of nitrogens with zero attached hydrogens (tertiary/aromatic N) is 2. The number of aliphatic hydroxyl groups excluding tert-OH is 1. The first-order valence-electron chi connectivity index (χ1n) is 5.89. The first-order valence-corrected chi connectivity index (χ1v) is 5.89. The molecule has 1 rings (SSSR count). The topological polar surface area (TPSA) is 81.1 Å². The molecule has 0 radical (unpaired) electrons. The van der Waals surface area contributed by atoms with Crippen LogP contribution < -0.4 is 0 Å². The highest BCUT2D eigenvalue weighted by molar-refractivity contribution is 5.80. The number of hydrogen-bond donors (Lipinski definition) is 2. The maximum Gasteiger partial charge on any atom is 0.323 e. The number of urea groups is 1. The molecule has 0 spiro atoms. The smallest absolute Gasteiger partial charge is 0.323 e. The summed E-state index contributed by atoms with van der Waals surface area (Å²) in [4.78, 5) is 25.5. The largest absolute Gasteiger partial charge is 0.480 e. The summed E-state index contributed by atoms with van der Waals surface area (Å²) in [6.07, 6.45) is 0.343. The molecule has 1 aliphatic heterocycles. The molecular formula is C11H20N2O4. The first kappa shape index (κ1) is 13.8. The number of carboxylic acids is 1. The van der Waals surface area contributed by atoms with Gasteiger partial charge in [0.1, 0.15) is 6.54 Å². The van der Waals surface area contributed by atoms with E-state index in [1.54, 1.807) is 18.7 Å². The molecule has 2 N–H and O–H groups in total. The molecule has 0 aromatic carbocycles. The molecule has 0 aliphatic carbocycles. The zero-order valence-corrected chi connectivity index (χ0v) is 10.3. The van der Waals surface area contributed by atoms with Crippen molar-refractivity contribution in [3.05, 3.63) is 0 Å². The molecule has 98 valence electrons. The van der Waals surface area contributed by atoms with Crippen LogP contribution in [0.1, 0.15) is 20.3 Å². The third kappa shape index (κ3) is 3.59. The van der Waals surface area contributed by atoms with E-state index in [9.17, 15) is 14.7 Å². The van der Waals surface area contributed by atoms with E-state index in [4.69, 9.17) is 5.11 Å². The van der Waals surface area contributed by atoms with Gasteiger partial charge in [0, 0.05) is 25.6 Å². The molecule has 2 amide bonds. The summed E-state index contributed by atoms with van der Waals surface area (Å²) in [7, 11) is 0. The lowest BCUT2D eigenvalue weighted by atomic mass is 10.0. The SMILES string of the molecule is CCN(CC(=O)O)C(=O)N1CCC(C(C)O)C1. The molecule has 0 aromatic heterocycles. The van der Waals surface area contributed by atoms with Crippen LogP contribution in [0.15, 0.2) is 0 Å². The summed E-state index contributed by atoms with van der Waals surface area (Å²) in [6, 6.07) is -0.252. The fourth-order valence-electron chi connectivity index (χ4n) is 2.03. The molecule has 1 aliphatic rings. The minimum atomic E-state index is -1.01. The number of rotatable bonds is 4. The second-order valence-corrected chi connectivity index (χ2v) is 4.43. The minimum absolute atomic E-state index is 0.0995. The molecule has 0 saturated carbocycles. The zero-order valence-electron chi connectivity index (χ0n) is 10.3. The van der Waals surface area contributed by atoms with Gasteiger partial charge in [-0.15, -0.1) is 0 Å². The predicted octanol–water partition coefficient (Wildman–Crippen LogP) is 0.216. The number of amides is 2. The Bertz CT molecular complexity index is 293. The average Bonchev–Trinajstić information content (AvgIpc) is 2.73. The van der Waals surface area contributed by atoms with Crippen LogP contribution in [0.25, 0.3) is 0 Å². The monoisotopic (exact) mass is 244 g/mol. The van der Waals surface area contributed by atoms with Crippen molar-refractivity contribution < 1.29 is 19.8 Å². The molecule has 2 unspecified atom stereocenters. The van der Waals surface area contributed by atoms with Crippen LogP contribution in [0.4, 0.5) is 4.79 Å². The van der Waals surface area contributed by atoms with Crippen molar-refractivity contribution in [3.8, 4) is 0 Å². The summed E-state index contributed by atoms with van der Waals surface area (Å²) < 4.78 is 0. The molecule has 6 heteroatoms. The Morgan fingerprint density at radius 2 is 2.18 bits per heavy atom. The molecule has 2 atom stereocenters. The van der Waals surface area contributed by atoms with E-state index in [-0.39, 0.29) is 18.5 Å². The second kappa shape index (κ2) is 5.86. The number of likely N-dealkylation sites (N-methyl/N-ethyl adjacent to an activating group) is 1. The van der Waals surface area contributed by atoms with Crippen LogP contribution in [0.2, 0.25) is 0 Å². The van der Waals surface area contributed by atoms with E-state index >= 15 is 0 Å². The van der Waals surface area contributed by atoms with Gasteiger partial charge in [-0.2, -0.15) is 0 Å². The predicted molar refractivity (Wildman–Crippen MR) is 61.6 cm³/mol. The van der Waals surface area contributed by atoms with Gasteiger partial charge < -0.3 is 20.0 Å². The Hall–Kier alpha value is -1.30. The van der Waals surface area contributed by atoms with Crippen LogP contribution in [0.3, 0.4) is 0 Å². The van der Waals surface area contributed by atoms with Gasteiger partial charge in [0.05, 0.1) is 6.10 Å². The van der Waals surface area contributed by atoms with Gasteiger partial charge in [-0.1, -0.05) is 0 Å².